The Morgan fingerprint density at radius 3 is 2.89 bits per heavy atom. The molecule has 19 heavy (non-hydrogen) atoms. The molecule has 4 heteroatoms. The molecule has 1 saturated heterocycles. The topological polar surface area (TPSA) is 35.5 Å². The largest absolute Gasteiger partial charge is 0.384 e. The molecule has 0 aliphatic carbocycles. The summed E-state index contributed by atoms with van der Waals surface area (Å²) in [4.78, 5) is 2.26. The molecule has 0 saturated carbocycles. The average molecular weight is 266 g/mol. The van der Waals surface area contributed by atoms with Crippen LogP contribution in [0.15, 0.2) is 18.2 Å². The molecule has 0 spiro atoms. The van der Waals surface area contributed by atoms with Crippen molar-refractivity contribution in [3.63, 3.8) is 0 Å². The van der Waals surface area contributed by atoms with Crippen molar-refractivity contribution in [3.8, 4) is 0 Å². The third-order valence-corrected chi connectivity index (χ3v) is 3.74. The lowest BCUT2D eigenvalue weighted by Crippen LogP contribution is -2.40. The maximum atomic E-state index is 13.3. The first kappa shape index (κ1) is 14.4. The van der Waals surface area contributed by atoms with Crippen LogP contribution in [0, 0.1) is 12.7 Å². The Bertz CT molecular complexity index is 426. The number of β-amino-alcohol motifs (C(OH)–C–C–N with tert-alkyl or cyclic N) is 1. The highest BCUT2D eigenvalue weighted by Crippen LogP contribution is 2.24. The fourth-order valence-corrected chi connectivity index (χ4v) is 2.57. The number of benzene rings is 1. The standard InChI is InChI=1S/C15H23FN2O/c1-12-10-13(4-5-14(12)16)15(2,19)11-18-8-3-6-17-7-9-18/h4-5,10,17,19H,3,6-9,11H2,1-2H3. The van der Waals surface area contributed by atoms with Gasteiger partial charge in [-0.1, -0.05) is 12.1 Å². The van der Waals surface area contributed by atoms with Gasteiger partial charge in [-0.15, -0.1) is 0 Å². The first-order valence-corrected chi connectivity index (χ1v) is 6.91. The highest BCUT2D eigenvalue weighted by Gasteiger charge is 2.27. The summed E-state index contributed by atoms with van der Waals surface area (Å²) in [5.74, 6) is -0.224. The van der Waals surface area contributed by atoms with E-state index in [1.54, 1.807) is 26.0 Å². The molecule has 0 bridgehead atoms. The van der Waals surface area contributed by atoms with E-state index in [-0.39, 0.29) is 5.82 Å². The number of nitrogens with zero attached hydrogens (tertiary/aromatic N) is 1. The minimum Gasteiger partial charge on any atom is -0.384 e. The number of hydrogen-bond acceptors (Lipinski definition) is 3. The molecular formula is C15H23FN2O. The fourth-order valence-electron chi connectivity index (χ4n) is 2.57. The lowest BCUT2D eigenvalue weighted by Gasteiger charge is -2.31. The number of aliphatic hydroxyl groups is 1. The van der Waals surface area contributed by atoms with Crippen molar-refractivity contribution in [3.05, 3.63) is 35.1 Å². The van der Waals surface area contributed by atoms with Crippen molar-refractivity contribution < 1.29 is 9.50 Å². The molecule has 1 aliphatic rings. The number of aryl methyl sites for hydroxylation is 1. The minimum absolute atomic E-state index is 0.224. The van der Waals surface area contributed by atoms with E-state index in [1.165, 1.54) is 6.07 Å². The molecule has 1 unspecified atom stereocenters. The van der Waals surface area contributed by atoms with E-state index in [0.29, 0.717) is 12.1 Å². The molecule has 0 amide bonds. The van der Waals surface area contributed by atoms with Crippen molar-refractivity contribution >= 4 is 0 Å². The van der Waals surface area contributed by atoms with Crippen LogP contribution in [0.1, 0.15) is 24.5 Å². The lowest BCUT2D eigenvalue weighted by atomic mass is 9.93. The zero-order valence-corrected chi connectivity index (χ0v) is 11.7. The van der Waals surface area contributed by atoms with Crippen LogP contribution in [-0.2, 0) is 5.60 Å². The Labute approximate surface area is 114 Å². The first-order valence-electron chi connectivity index (χ1n) is 6.91. The Morgan fingerprint density at radius 1 is 1.37 bits per heavy atom. The summed E-state index contributed by atoms with van der Waals surface area (Å²) >= 11 is 0. The Morgan fingerprint density at radius 2 is 2.16 bits per heavy atom. The van der Waals surface area contributed by atoms with E-state index in [2.05, 4.69) is 10.2 Å². The Kier molecular flexibility index (Phi) is 4.55. The molecular weight excluding hydrogens is 243 g/mol. The summed E-state index contributed by atoms with van der Waals surface area (Å²) in [6, 6.07) is 4.85. The summed E-state index contributed by atoms with van der Waals surface area (Å²) in [5.41, 5.74) is 0.418. The SMILES string of the molecule is Cc1cc(C(C)(O)CN2CCCNCC2)ccc1F. The van der Waals surface area contributed by atoms with Crippen molar-refractivity contribution in [1.82, 2.24) is 10.2 Å². The predicted octanol–water partition coefficient (Wildman–Crippen LogP) is 1.64. The second-order valence-electron chi connectivity index (χ2n) is 5.62. The van der Waals surface area contributed by atoms with Gasteiger partial charge in [0.05, 0.1) is 5.60 Å². The van der Waals surface area contributed by atoms with Crippen LogP contribution < -0.4 is 5.32 Å². The van der Waals surface area contributed by atoms with Gasteiger partial charge in [0.1, 0.15) is 5.82 Å². The molecule has 0 radical (unpaired) electrons. The Hall–Kier alpha value is -0.970. The molecule has 1 aliphatic heterocycles. The second-order valence-corrected chi connectivity index (χ2v) is 5.62. The van der Waals surface area contributed by atoms with Crippen LogP contribution in [0.2, 0.25) is 0 Å². The highest BCUT2D eigenvalue weighted by atomic mass is 19.1. The molecule has 0 aromatic heterocycles. The van der Waals surface area contributed by atoms with Gasteiger partial charge < -0.3 is 10.4 Å². The minimum atomic E-state index is -0.942. The summed E-state index contributed by atoms with van der Waals surface area (Å²) < 4.78 is 13.3. The zero-order valence-electron chi connectivity index (χ0n) is 11.7. The fraction of sp³-hybridized carbons (Fsp3) is 0.600. The maximum Gasteiger partial charge on any atom is 0.126 e. The van der Waals surface area contributed by atoms with Crippen LogP contribution in [0.5, 0.6) is 0 Å². The van der Waals surface area contributed by atoms with Crippen LogP contribution in [0.4, 0.5) is 4.39 Å². The van der Waals surface area contributed by atoms with E-state index in [9.17, 15) is 9.50 Å². The lowest BCUT2D eigenvalue weighted by molar-refractivity contribution is 0.0176. The zero-order chi connectivity index (χ0) is 13.9. The molecule has 1 fully saturated rings. The van der Waals surface area contributed by atoms with Gasteiger partial charge in [-0.3, -0.25) is 4.90 Å². The van der Waals surface area contributed by atoms with E-state index in [0.717, 1.165) is 38.2 Å². The summed E-state index contributed by atoms with van der Waals surface area (Å²) in [6.07, 6.45) is 1.10. The second kappa shape index (κ2) is 5.99. The summed E-state index contributed by atoms with van der Waals surface area (Å²) in [7, 11) is 0. The van der Waals surface area contributed by atoms with Crippen molar-refractivity contribution in [2.24, 2.45) is 0 Å². The number of rotatable bonds is 3. The van der Waals surface area contributed by atoms with Crippen molar-refractivity contribution in [2.75, 3.05) is 32.7 Å². The van der Waals surface area contributed by atoms with Crippen molar-refractivity contribution in [1.29, 1.82) is 0 Å². The van der Waals surface area contributed by atoms with E-state index in [4.69, 9.17) is 0 Å². The van der Waals surface area contributed by atoms with Gasteiger partial charge in [0.15, 0.2) is 0 Å². The van der Waals surface area contributed by atoms with Crippen molar-refractivity contribution in [2.45, 2.75) is 25.9 Å². The quantitative estimate of drug-likeness (QED) is 0.873. The van der Waals surface area contributed by atoms with Crippen LogP contribution >= 0.6 is 0 Å². The predicted molar refractivity (Wildman–Crippen MR) is 74.6 cm³/mol. The third kappa shape index (κ3) is 3.75. The third-order valence-electron chi connectivity index (χ3n) is 3.74. The number of hydrogen-bond donors (Lipinski definition) is 2. The number of halogens is 1. The molecule has 1 aromatic carbocycles. The van der Waals surface area contributed by atoms with Gasteiger partial charge in [0.2, 0.25) is 0 Å². The molecule has 1 heterocycles. The molecule has 3 nitrogen and oxygen atoms in total. The van der Waals surface area contributed by atoms with Crippen LogP contribution in [0.3, 0.4) is 0 Å². The molecule has 1 atom stereocenters. The van der Waals surface area contributed by atoms with Gasteiger partial charge in [-0.25, -0.2) is 4.39 Å². The summed E-state index contributed by atoms with van der Waals surface area (Å²) in [6.45, 7) is 8.04. The van der Waals surface area contributed by atoms with E-state index >= 15 is 0 Å². The number of nitrogens with one attached hydrogen (secondary N) is 1. The Balaban J connectivity index is 2.09. The maximum absolute atomic E-state index is 13.3. The van der Waals surface area contributed by atoms with Gasteiger partial charge in [0, 0.05) is 19.6 Å². The highest BCUT2D eigenvalue weighted by molar-refractivity contribution is 5.28. The molecule has 2 rings (SSSR count). The van der Waals surface area contributed by atoms with Gasteiger partial charge in [-0.05, 0) is 50.6 Å². The molecule has 106 valence electrons. The van der Waals surface area contributed by atoms with Gasteiger partial charge >= 0.3 is 0 Å². The average Bonchev–Trinajstić information content (AvgIpc) is 2.60. The molecule has 2 N–H and O–H groups in total. The van der Waals surface area contributed by atoms with Gasteiger partial charge in [0.25, 0.3) is 0 Å². The van der Waals surface area contributed by atoms with E-state index < -0.39 is 5.60 Å². The van der Waals surface area contributed by atoms with E-state index in [1.807, 2.05) is 0 Å². The first-order chi connectivity index (χ1) is 8.99. The normalized spacial score (nSPS) is 20.8. The van der Waals surface area contributed by atoms with Gasteiger partial charge in [-0.2, -0.15) is 0 Å². The monoisotopic (exact) mass is 266 g/mol. The summed E-state index contributed by atoms with van der Waals surface area (Å²) in [5, 5.41) is 14.0. The molecule has 1 aromatic rings. The smallest absolute Gasteiger partial charge is 0.126 e. The van der Waals surface area contributed by atoms with Crippen LogP contribution in [0.25, 0.3) is 0 Å². The van der Waals surface area contributed by atoms with Crippen LogP contribution in [-0.4, -0.2) is 42.7 Å².